The highest BCUT2D eigenvalue weighted by Gasteiger charge is 2.04. The molecule has 0 radical (unpaired) electrons. The molecule has 2 aromatic rings. The predicted molar refractivity (Wildman–Crippen MR) is 75.4 cm³/mol. The van der Waals surface area contributed by atoms with Gasteiger partial charge in [0.15, 0.2) is 0 Å². The van der Waals surface area contributed by atoms with Crippen LogP contribution < -0.4 is 10.9 Å². The van der Waals surface area contributed by atoms with Crippen molar-refractivity contribution in [3.05, 3.63) is 52.3 Å². The topological polar surface area (TPSA) is 70.7 Å². The summed E-state index contributed by atoms with van der Waals surface area (Å²) in [4.78, 5) is 22.7. The van der Waals surface area contributed by atoms with E-state index < -0.39 is 0 Å². The van der Waals surface area contributed by atoms with Crippen LogP contribution in [0.25, 0.3) is 0 Å². The molecule has 0 saturated carbocycles. The van der Waals surface area contributed by atoms with Crippen LogP contribution in [0.2, 0.25) is 0 Å². The van der Waals surface area contributed by atoms with E-state index in [0.29, 0.717) is 11.6 Å². The standard InChI is InChI=1S/C14H18N4O/c1-10(2)14-17-12(8-13(19)18-14)16-7-5-11-4-3-6-15-9-11/h3-4,6,8-10H,5,7H2,1-2H3,(H2,16,17,18,19). The monoisotopic (exact) mass is 258 g/mol. The SMILES string of the molecule is CC(C)c1nc(NCCc2cccnc2)cc(=O)[nH]1. The molecule has 0 aliphatic rings. The van der Waals surface area contributed by atoms with Gasteiger partial charge in [0.25, 0.3) is 5.56 Å². The molecule has 2 heterocycles. The Hall–Kier alpha value is -2.17. The van der Waals surface area contributed by atoms with Crippen LogP contribution in [0.3, 0.4) is 0 Å². The van der Waals surface area contributed by atoms with Crippen LogP contribution in [0.15, 0.2) is 35.4 Å². The van der Waals surface area contributed by atoms with Crippen molar-refractivity contribution < 1.29 is 0 Å². The number of aromatic nitrogens is 3. The van der Waals surface area contributed by atoms with Crippen molar-refractivity contribution in [2.45, 2.75) is 26.2 Å². The van der Waals surface area contributed by atoms with Crippen molar-refractivity contribution in [2.75, 3.05) is 11.9 Å². The molecule has 0 atom stereocenters. The zero-order chi connectivity index (χ0) is 13.7. The van der Waals surface area contributed by atoms with Crippen LogP contribution in [0.4, 0.5) is 5.82 Å². The van der Waals surface area contributed by atoms with Crippen LogP contribution in [-0.4, -0.2) is 21.5 Å². The fourth-order valence-corrected chi connectivity index (χ4v) is 1.72. The Balaban J connectivity index is 1.98. The van der Waals surface area contributed by atoms with Crippen molar-refractivity contribution in [1.29, 1.82) is 0 Å². The van der Waals surface area contributed by atoms with E-state index in [2.05, 4.69) is 20.3 Å². The smallest absolute Gasteiger partial charge is 0.252 e. The quantitative estimate of drug-likeness (QED) is 0.860. The normalized spacial score (nSPS) is 10.7. The number of hydrogen-bond donors (Lipinski definition) is 2. The Kier molecular flexibility index (Phi) is 4.28. The van der Waals surface area contributed by atoms with E-state index in [9.17, 15) is 4.79 Å². The molecule has 2 aromatic heterocycles. The number of rotatable bonds is 5. The summed E-state index contributed by atoms with van der Waals surface area (Å²) in [6, 6.07) is 5.42. The van der Waals surface area contributed by atoms with E-state index >= 15 is 0 Å². The Morgan fingerprint density at radius 2 is 2.26 bits per heavy atom. The Morgan fingerprint density at radius 3 is 2.95 bits per heavy atom. The van der Waals surface area contributed by atoms with Crippen molar-refractivity contribution in [3.63, 3.8) is 0 Å². The zero-order valence-corrected chi connectivity index (χ0v) is 11.2. The first-order valence-electron chi connectivity index (χ1n) is 6.39. The molecular formula is C14H18N4O. The molecule has 5 nitrogen and oxygen atoms in total. The van der Waals surface area contributed by atoms with Crippen LogP contribution in [0.5, 0.6) is 0 Å². The van der Waals surface area contributed by atoms with E-state index in [1.54, 1.807) is 6.20 Å². The van der Waals surface area contributed by atoms with E-state index in [4.69, 9.17) is 0 Å². The van der Waals surface area contributed by atoms with Crippen LogP contribution in [0, 0.1) is 0 Å². The molecule has 19 heavy (non-hydrogen) atoms. The summed E-state index contributed by atoms with van der Waals surface area (Å²) in [5.41, 5.74) is 1.03. The number of H-pyrrole nitrogens is 1. The molecule has 0 aromatic carbocycles. The zero-order valence-electron chi connectivity index (χ0n) is 11.2. The maximum absolute atomic E-state index is 11.5. The largest absolute Gasteiger partial charge is 0.370 e. The molecule has 2 N–H and O–H groups in total. The van der Waals surface area contributed by atoms with Gasteiger partial charge in [-0.05, 0) is 18.1 Å². The van der Waals surface area contributed by atoms with Gasteiger partial charge in [-0.25, -0.2) is 4.98 Å². The molecule has 0 amide bonds. The second-order valence-corrected chi connectivity index (χ2v) is 4.71. The lowest BCUT2D eigenvalue weighted by Gasteiger charge is -2.08. The number of aromatic amines is 1. The first-order valence-corrected chi connectivity index (χ1v) is 6.39. The summed E-state index contributed by atoms with van der Waals surface area (Å²) in [5, 5.41) is 3.17. The first-order chi connectivity index (χ1) is 9.15. The fourth-order valence-electron chi connectivity index (χ4n) is 1.72. The minimum Gasteiger partial charge on any atom is -0.370 e. The van der Waals surface area contributed by atoms with Gasteiger partial charge in [0.2, 0.25) is 0 Å². The first kappa shape index (κ1) is 13.3. The van der Waals surface area contributed by atoms with E-state index in [-0.39, 0.29) is 11.5 Å². The highest BCUT2D eigenvalue weighted by molar-refractivity contribution is 5.33. The summed E-state index contributed by atoms with van der Waals surface area (Å²) in [7, 11) is 0. The second-order valence-electron chi connectivity index (χ2n) is 4.71. The van der Waals surface area contributed by atoms with Gasteiger partial charge in [-0.1, -0.05) is 19.9 Å². The summed E-state index contributed by atoms with van der Waals surface area (Å²) in [6.07, 6.45) is 4.44. The maximum atomic E-state index is 11.5. The van der Waals surface area contributed by atoms with Gasteiger partial charge in [-0.15, -0.1) is 0 Å². The van der Waals surface area contributed by atoms with Gasteiger partial charge >= 0.3 is 0 Å². The van der Waals surface area contributed by atoms with E-state index in [1.807, 2.05) is 32.2 Å². The van der Waals surface area contributed by atoms with Gasteiger partial charge in [0.1, 0.15) is 11.6 Å². The second kappa shape index (κ2) is 6.13. The Bertz CT molecular complexity index is 577. The molecule has 0 spiro atoms. The maximum Gasteiger partial charge on any atom is 0.252 e. The third-order valence-corrected chi connectivity index (χ3v) is 2.75. The molecule has 0 saturated heterocycles. The average Bonchev–Trinajstić information content (AvgIpc) is 2.39. The molecule has 0 bridgehead atoms. The Labute approximate surface area is 112 Å². The molecule has 100 valence electrons. The van der Waals surface area contributed by atoms with Crippen LogP contribution in [-0.2, 0) is 6.42 Å². The molecular weight excluding hydrogens is 240 g/mol. The summed E-state index contributed by atoms with van der Waals surface area (Å²) >= 11 is 0. The third-order valence-electron chi connectivity index (χ3n) is 2.75. The fraction of sp³-hybridized carbons (Fsp3) is 0.357. The molecule has 0 unspecified atom stereocenters. The molecule has 0 fully saturated rings. The van der Waals surface area contributed by atoms with Gasteiger partial charge in [0.05, 0.1) is 0 Å². The molecule has 5 heteroatoms. The van der Waals surface area contributed by atoms with Gasteiger partial charge < -0.3 is 10.3 Å². The van der Waals surface area contributed by atoms with Crippen molar-refractivity contribution in [2.24, 2.45) is 0 Å². The van der Waals surface area contributed by atoms with E-state index in [0.717, 1.165) is 18.5 Å². The lowest BCUT2D eigenvalue weighted by molar-refractivity contribution is 0.766. The molecule has 0 aliphatic heterocycles. The molecule has 2 rings (SSSR count). The summed E-state index contributed by atoms with van der Waals surface area (Å²) in [5.74, 6) is 1.53. The lowest BCUT2D eigenvalue weighted by atomic mass is 10.2. The minimum absolute atomic E-state index is 0.123. The highest BCUT2D eigenvalue weighted by Crippen LogP contribution is 2.09. The van der Waals surface area contributed by atoms with Gasteiger partial charge in [-0.3, -0.25) is 9.78 Å². The van der Waals surface area contributed by atoms with Crippen molar-refractivity contribution in [1.82, 2.24) is 15.0 Å². The summed E-state index contributed by atoms with van der Waals surface area (Å²) < 4.78 is 0. The number of nitrogens with zero attached hydrogens (tertiary/aromatic N) is 2. The molecule has 0 aliphatic carbocycles. The van der Waals surface area contributed by atoms with Crippen LogP contribution in [0.1, 0.15) is 31.2 Å². The number of nitrogens with one attached hydrogen (secondary N) is 2. The summed E-state index contributed by atoms with van der Waals surface area (Å²) in [6.45, 7) is 4.72. The van der Waals surface area contributed by atoms with Crippen LogP contribution >= 0.6 is 0 Å². The number of hydrogen-bond acceptors (Lipinski definition) is 4. The third kappa shape index (κ3) is 3.91. The van der Waals surface area contributed by atoms with Crippen molar-refractivity contribution in [3.8, 4) is 0 Å². The lowest BCUT2D eigenvalue weighted by Crippen LogP contribution is -2.15. The Morgan fingerprint density at radius 1 is 1.42 bits per heavy atom. The highest BCUT2D eigenvalue weighted by atomic mass is 16.1. The van der Waals surface area contributed by atoms with Gasteiger partial charge in [0, 0.05) is 30.9 Å². The number of anilines is 1. The van der Waals surface area contributed by atoms with Gasteiger partial charge in [-0.2, -0.15) is 0 Å². The average molecular weight is 258 g/mol. The predicted octanol–water partition coefficient (Wildman–Crippen LogP) is 1.94. The number of pyridine rings is 1. The van der Waals surface area contributed by atoms with E-state index in [1.165, 1.54) is 6.07 Å². The minimum atomic E-state index is -0.123. The van der Waals surface area contributed by atoms with Crippen molar-refractivity contribution >= 4 is 5.82 Å².